The van der Waals surface area contributed by atoms with Crippen molar-refractivity contribution in [2.75, 3.05) is 26.0 Å². The average Bonchev–Trinajstić information content (AvgIpc) is 2.64. The summed E-state index contributed by atoms with van der Waals surface area (Å²) in [5, 5.41) is 3.82. The third kappa shape index (κ3) is 7.47. The Labute approximate surface area is 149 Å². The Morgan fingerprint density at radius 2 is 1.88 bits per heavy atom. The van der Waals surface area contributed by atoms with Crippen LogP contribution in [0.2, 0.25) is 0 Å². The maximum absolute atomic E-state index is 11.8. The number of benzene rings is 1. The van der Waals surface area contributed by atoms with E-state index in [1.807, 2.05) is 36.0 Å². The molecule has 0 heterocycles. The lowest BCUT2D eigenvalue weighted by molar-refractivity contribution is -0.121. The summed E-state index contributed by atoms with van der Waals surface area (Å²) in [6.07, 6.45) is 8.09. The van der Waals surface area contributed by atoms with Gasteiger partial charge in [-0.1, -0.05) is 19.3 Å². The lowest BCUT2D eigenvalue weighted by Crippen LogP contribution is -2.26. The fourth-order valence-electron chi connectivity index (χ4n) is 2.83. The maximum atomic E-state index is 11.8. The molecule has 1 saturated carbocycles. The number of hydrogen-bond acceptors (Lipinski definition) is 4. The SMILES string of the molecule is COc1ccc(OCCCC(=O)NCCSC2CCCCC2)cc1. The number of hydrogen-bond donors (Lipinski definition) is 1. The molecule has 134 valence electrons. The first-order valence-electron chi connectivity index (χ1n) is 8.93. The molecule has 1 aromatic carbocycles. The van der Waals surface area contributed by atoms with Crippen LogP contribution in [-0.4, -0.2) is 37.2 Å². The summed E-state index contributed by atoms with van der Waals surface area (Å²) in [5.41, 5.74) is 0. The van der Waals surface area contributed by atoms with Crippen LogP contribution < -0.4 is 14.8 Å². The summed E-state index contributed by atoms with van der Waals surface area (Å²) in [5.74, 6) is 2.77. The topological polar surface area (TPSA) is 47.6 Å². The average molecular weight is 352 g/mol. The number of methoxy groups -OCH3 is 1. The molecule has 1 aromatic rings. The zero-order chi connectivity index (χ0) is 17.0. The Bertz CT molecular complexity index is 472. The summed E-state index contributed by atoms with van der Waals surface area (Å²) in [6.45, 7) is 1.33. The molecular formula is C19H29NO3S. The minimum Gasteiger partial charge on any atom is -0.497 e. The van der Waals surface area contributed by atoms with Crippen molar-refractivity contribution >= 4 is 17.7 Å². The first-order chi connectivity index (χ1) is 11.8. The summed E-state index contributed by atoms with van der Waals surface area (Å²) >= 11 is 2.02. The van der Waals surface area contributed by atoms with Crippen molar-refractivity contribution in [3.8, 4) is 11.5 Å². The van der Waals surface area contributed by atoms with Crippen molar-refractivity contribution in [1.82, 2.24) is 5.32 Å². The lowest BCUT2D eigenvalue weighted by Gasteiger charge is -2.20. The predicted octanol–water partition coefficient (Wildman–Crippen LogP) is 4.04. The normalized spacial score (nSPS) is 15.0. The summed E-state index contributed by atoms with van der Waals surface area (Å²) in [4.78, 5) is 11.8. The van der Waals surface area contributed by atoms with E-state index in [-0.39, 0.29) is 5.91 Å². The molecule has 1 aliphatic carbocycles. The fourth-order valence-corrected chi connectivity index (χ4v) is 4.05. The largest absolute Gasteiger partial charge is 0.497 e. The number of thioether (sulfide) groups is 1. The number of ether oxygens (including phenoxy) is 2. The number of carbonyl (C=O) groups excluding carboxylic acids is 1. The Morgan fingerprint density at radius 3 is 2.58 bits per heavy atom. The van der Waals surface area contributed by atoms with E-state index in [4.69, 9.17) is 9.47 Å². The first-order valence-corrected chi connectivity index (χ1v) is 9.98. The zero-order valence-electron chi connectivity index (χ0n) is 14.6. The Morgan fingerprint density at radius 1 is 1.17 bits per heavy atom. The standard InChI is InChI=1S/C19H29NO3S/c1-22-16-9-11-17(12-10-16)23-14-5-8-19(21)20-13-15-24-18-6-3-2-4-7-18/h9-12,18H,2-8,13-15H2,1H3,(H,20,21). The van der Waals surface area contributed by atoms with Crippen molar-refractivity contribution < 1.29 is 14.3 Å². The van der Waals surface area contributed by atoms with E-state index in [0.29, 0.717) is 13.0 Å². The number of nitrogens with one attached hydrogen (secondary N) is 1. The molecule has 0 atom stereocenters. The smallest absolute Gasteiger partial charge is 0.220 e. The molecule has 1 fully saturated rings. The molecule has 4 nitrogen and oxygen atoms in total. The lowest BCUT2D eigenvalue weighted by atomic mass is 10.0. The summed E-state index contributed by atoms with van der Waals surface area (Å²) in [7, 11) is 1.64. The third-order valence-electron chi connectivity index (χ3n) is 4.21. The van der Waals surface area contributed by atoms with Crippen molar-refractivity contribution in [1.29, 1.82) is 0 Å². The summed E-state index contributed by atoms with van der Waals surface area (Å²) < 4.78 is 10.7. The van der Waals surface area contributed by atoms with Gasteiger partial charge in [-0.25, -0.2) is 0 Å². The molecule has 0 spiro atoms. The van der Waals surface area contributed by atoms with Gasteiger partial charge in [0.15, 0.2) is 0 Å². The fraction of sp³-hybridized carbons (Fsp3) is 0.632. The van der Waals surface area contributed by atoms with Crippen LogP contribution in [0, 0.1) is 0 Å². The van der Waals surface area contributed by atoms with E-state index >= 15 is 0 Å². The minimum absolute atomic E-state index is 0.123. The highest BCUT2D eigenvalue weighted by molar-refractivity contribution is 7.99. The van der Waals surface area contributed by atoms with E-state index < -0.39 is 0 Å². The second kappa shape index (κ2) is 11.2. The highest BCUT2D eigenvalue weighted by atomic mass is 32.2. The molecule has 2 rings (SSSR count). The highest BCUT2D eigenvalue weighted by Crippen LogP contribution is 2.27. The van der Waals surface area contributed by atoms with Gasteiger partial charge in [-0.05, 0) is 43.5 Å². The molecule has 1 N–H and O–H groups in total. The Hall–Kier alpha value is -1.36. The number of amides is 1. The van der Waals surface area contributed by atoms with Crippen molar-refractivity contribution in [2.24, 2.45) is 0 Å². The van der Waals surface area contributed by atoms with Gasteiger partial charge in [0.05, 0.1) is 13.7 Å². The van der Waals surface area contributed by atoms with Crippen LogP contribution in [0.15, 0.2) is 24.3 Å². The van der Waals surface area contributed by atoms with Crippen LogP contribution in [0.25, 0.3) is 0 Å². The van der Waals surface area contributed by atoms with Crippen LogP contribution in [0.5, 0.6) is 11.5 Å². The van der Waals surface area contributed by atoms with Gasteiger partial charge in [0, 0.05) is 24.0 Å². The van der Waals surface area contributed by atoms with Gasteiger partial charge in [0.1, 0.15) is 11.5 Å². The van der Waals surface area contributed by atoms with Gasteiger partial charge >= 0.3 is 0 Å². The van der Waals surface area contributed by atoms with Crippen LogP contribution in [0.4, 0.5) is 0 Å². The van der Waals surface area contributed by atoms with Crippen LogP contribution in [0.3, 0.4) is 0 Å². The van der Waals surface area contributed by atoms with Gasteiger partial charge in [0.25, 0.3) is 0 Å². The van der Waals surface area contributed by atoms with E-state index in [1.54, 1.807) is 7.11 Å². The molecule has 0 radical (unpaired) electrons. The Kier molecular flexibility index (Phi) is 8.88. The zero-order valence-corrected chi connectivity index (χ0v) is 15.4. The van der Waals surface area contributed by atoms with Gasteiger partial charge in [0.2, 0.25) is 5.91 Å². The minimum atomic E-state index is 0.123. The quantitative estimate of drug-likeness (QED) is 0.646. The van der Waals surface area contributed by atoms with Crippen molar-refractivity contribution in [3.05, 3.63) is 24.3 Å². The third-order valence-corrected chi connectivity index (χ3v) is 5.59. The van der Waals surface area contributed by atoms with Crippen LogP contribution in [-0.2, 0) is 4.79 Å². The van der Waals surface area contributed by atoms with E-state index in [2.05, 4.69) is 5.32 Å². The van der Waals surface area contributed by atoms with Gasteiger partial charge in [-0.2, -0.15) is 11.8 Å². The summed E-state index contributed by atoms with van der Waals surface area (Å²) in [6, 6.07) is 7.49. The second-order valence-electron chi connectivity index (χ2n) is 6.11. The number of carbonyl (C=O) groups is 1. The van der Waals surface area contributed by atoms with Gasteiger partial charge in [-0.15, -0.1) is 0 Å². The molecule has 1 aliphatic rings. The molecule has 5 heteroatoms. The van der Waals surface area contributed by atoms with Gasteiger partial charge < -0.3 is 14.8 Å². The van der Waals surface area contributed by atoms with E-state index in [9.17, 15) is 4.79 Å². The van der Waals surface area contributed by atoms with E-state index in [0.717, 1.165) is 35.5 Å². The molecule has 1 amide bonds. The second-order valence-corrected chi connectivity index (χ2v) is 7.52. The molecule has 0 aromatic heterocycles. The predicted molar refractivity (Wildman–Crippen MR) is 100 cm³/mol. The molecular weight excluding hydrogens is 322 g/mol. The van der Waals surface area contributed by atoms with Crippen LogP contribution >= 0.6 is 11.8 Å². The highest BCUT2D eigenvalue weighted by Gasteiger charge is 2.13. The molecule has 0 unspecified atom stereocenters. The van der Waals surface area contributed by atoms with Crippen molar-refractivity contribution in [3.63, 3.8) is 0 Å². The molecule has 0 saturated heterocycles. The molecule has 24 heavy (non-hydrogen) atoms. The van der Waals surface area contributed by atoms with Gasteiger partial charge in [-0.3, -0.25) is 4.79 Å². The number of rotatable bonds is 10. The molecule has 0 aliphatic heterocycles. The van der Waals surface area contributed by atoms with E-state index in [1.165, 1.54) is 32.1 Å². The first kappa shape index (κ1) is 19.0. The molecule has 0 bridgehead atoms. The Balaban J connectivity index is 1.47. The maximum Gasteiger partial charge on any atom is 0.220 e. The monoisotopic (exact) mass is 351 g/mol. The van der Waals surface area contributed by atoms with Crippen LogP contribution in [0.1, 0.15) is 44.9 Å². The van der Waals surface area contributed by atoms with Crippen molar-refractivity contribution in [2.45, 2.75) is 50.2 Å².